The second kappa shape index (κ2) is 4.20. The summed E-state index contributed by atoms with van der Waals surface area (Å²) in [6, 6.07) is 0. The molecule has 1 aliphatic rings. The number of nitrogens with zero attached hydrogens (tertiary/aromatic N) is 4. The van der Waals surface area contributed by atoms with Crippen molar-refractivity contribution in [3.63, 3.8) is 0 Å². The lowest BCUT2D eigenvalue weighted by Gasteiger charge is -2.16. The van der Waals surface area contributed by atoms with Gasteiger partial charge in [0.1, 0.15) is 5.84 Å². The molecule has 1 atom stereocenters. The van der Waals surface area contributed by atoms with Crippen LogP contribution in [0.4, 0.5) is 0 Å². The van der Waals surface area contributed by atoms with Gasteiger partial charge in [-0.15, -0.1) is 5.10 Å². The molecule has 0 spiro atoms. The molecule has 2 heterocycles. The van der Waals surface area contributed by atoms with E-state index in [0.717, 1.165) is 23.4 Å². The minimum atomic E-state index is 0.201. The van der Waals surface area contributed by atoms with Crippen LogP contribution in [-0.2, 0) is 7.05 Å². The molecule has 0 aliphatic carbocycles. The molecule has 0 amide bonds. The molecule has 1 unspecified atom stereocenters. The monoisotopic (exact) mass is 235 g/mol. The van der Waals surface area contributed by atoms with E-state index in [1.807, 2.05) is 20.9 Å². The lowest BCUT2D eigenvalue weighted by Crippen LogP contribution is -2.27. The second-order valence-electron chi connectivity index (χ2n) is 4.27. The lowest BCUT2D eigenvalue weighted by atomic mass is 9.97. The van der Waals surface area contributed by atoms with Crippen molar-refractivity contribution in [3.05, 3.63) is 11.3 Å². The normalized spacial score (nSPS) is 19.9. The molecule has 2 rings (SSSR count). The van der Waals surface area contributed by atoms with Crippen LogP contribution in [0.5, 0.6) is 5.88 Å². The van der Waals surface area contributed by atoms with Crippen LogP contribution in [0.1, 0.15) is 24.6 Å². The summed E-state index contributed by atoms with van der Waals surface area (Å²) in [5.74, 6) is 1.49. The minimum absolute atomic E-state index is 0.201. The summed E-state index contributed by atoms with van der Waals surface area (Å²) >= 11 is 0. The fraction of sp³-hybridized carbons (Fsp3) is 0.545. The van der Waals surface area contributed by atoms with Gasteiger partial charge in [-0.3, -0.25) is 0 Å². The highest BCUT2D eigenvalue weighted by Gasteiger charge is 2.24. The Labute approximate surface area is 100 Å². The van der Waals surface area contributed by atoms with E-state index in [-0.39, 0.29) is 5.92 Å². The van der Waals surface area contributed by atoms with Crippen molar-refractivity contribution in [1.82, 2.24) is 9.78 Å². The lowest BCUT2D eigenvalue weighted by molar-refractivity contribution is 0.372. The number of nitrogens with two attached hydrogens (primary N) is 1. The van der Waals surface area contributed by atoms with Gasteiger partial charge in [0, 0.05) is 19.4 Å². The number of amidine groups is 1. The van der Waals surface area contributed by atoms with Crippen LogP contribution in [0.2, 0.25) is 0 Å². The molecular formula is C11H17N5O. The number of hydrogen-bond donors (Lipinski definition) is 1. The Balaban J connectivity index is 2.48. The maximum Gasteiger partial charge on any atom is 0.220 e. The molecule has 92 valence electrons. The van der Waals surface area contributed by atoms with E-state index in [2.05, 4.69) is 15.3 Å². The number of rotatable bonds is 2. The van der Waals surface area contributed by atoms with Gasteiger partial charge in [-0.2, -0.15) is 10.2 Å². The molecule has 1 aliphatic heterocycles. The standard InChI is InChI=1S/C11H17N5O/c1-6-5-8(13-14-10(6)12)9-7(2)15-16(3)11(9)17-4/h6H,5H2,1-4H3,(H2,12,14). The first-order chi connectivity index (χ1) is 8.04. The van der Waals surface area contributed by atoms with Crippen molar-refractivity contribution in [2.24, 2.45) is 28.9 Å². The Bertz CT molecular complexity index is 500. The molecule has 0 radical (unpaired) electrons. The van der Waals surface area contributed by atoms with Crippen molar-refractivity contribution in [1.29, 1.82) is 0 Å². The summed E-state index contributed by atoms with van der Waals surface area (Å²) in [6.07, 6.45) is 0.762. The molecule has 6 nitrogen and oxygen atoms in total. The van der Waals surface area contributed by atoms with Gasteiger partial charge in [0.25, 0.3) is 0 Å². The number of aromatic nitrogens is 2. The fourth-order valence-electron chi connectivity index (χ4n) is 2.01. The molecule has 0 fully saturated rings. The molecule has 1 aromatic heterocycles. The summed E-state index contributed by atoms with van der Waals surface area (Å²) in [5, 5.41) is 12.5. The van der Waals surface area contributed by atoms with Crippen LogP contribution in [-0.4, -0.2) is 28.4 Å². The van der Waals surface area contributed by atoms with Crippen LogP contribution < -0.4 is 10.5 Å². The zero-order valence-electron chi connectivity index (χ0n) is 10.6. The van der Waals surface area contributed by atoms with Gasteiger partial charge in [-0.25, -0.2) is 4.68 Å². The highest BCUT2D eigenvalue weighted by molar-refractivity contribution is 6.07. The van der Waals surface area contributed by atoms with Gasteiger partial charge in [-0.1, -0.05) is 6.92 Å². The maximum absolute atomic E-state index is 5.72. The van der Waals surface area contributed by atoms with Crippen molar-refractivity contribution >= 4 is 11.5 Å². The average molecular weight is 235 g/mol. The molecule has 2 N–H and O–H groups in total. The second-order valence-corrected chi connectivity index (χ2v) is 4.27. The smallest absolute Gasteiger partial charge is 0.220 e. The summed E-state index contributed by atoms with van der Waals surface area (Å²) in [6.45, 7) is 3.97. The third-order valence-corrected chi connectivity index (χ3v) is 2.94. The highest BCUT2D eigenvalue weighted by atomic mass is 16.5. The topological polar surface area (TPSA) is 77.8 Å². The first kappa shape index (κ1) is 11.6. The maximum atomic E-state index is 5.72. The first-order valence-corrected chi connectivity index (χ1v) is 5.52. The van der Waals surface area contributed by atoms with Crippen LogP contribution in [0, 0.1) is 12.8 Å². The Kier molecular flexibility index (Phi) is 2.87. The average Bonchev–Trinajstić information content (AvgIpc) is 2.57. The predicted octanol–water partition coefficient (Wildman–Crippen LogP) is 0.838. The predicted molar refractivity (Wildman–Crippen MR) is 66.4 cm³/mol. The van der Waals surface area contributed by atoms with Crippen LogP contribution in [0.15, 0.2) is 10.2 Å². The van der Waals surface area contributed by atoms with E-state index in [1.165, 1.54) is 0 Å². The number of ether oxygens (including phenoxy) is 1. The number of aryl methyl sites for hydroxylation is 2. The highest BCUT2D eigenvalue weighted by Crippen LogP contribution is 2.26. The summed E-state index contributed by atoms with van der Waals surface area (Å²) in [4.78, 5) is 0. The van der Waals surface area contributed by atoms with E-state index in [1.54, 1.807) is 11.8 Å². The van der Waals surface area contributed by atoms with Crippen LogP contribution in [0.25, 0.3) is 0 Å². The van der Waals surface area contributed by atoms with E-state index < -0.39 is 0 Å². The van der Waals surface area contributed by atoms with E-state index >= 15 is 0 Å². The number of hydrogen-bond acceptors (Lipinski definition) is 5. The summed E-state index contributed by atoms with van der Waals surface area (Å²) in [5.41, 5.74) is 8.43. The molecule has 6 heteroatoms. The molecule has 1 aromatic rings. The zero-order valence-corrected chi connectivity index (χ0v) is 10.6. The third kappa shape index (κ3) is 1.90. The van der Waals surface area contributed by atoms with Crippen LogP contribution >= 0.6 is 0 Å². The summed E-state index contributed by atoms with van der Waals surface area (Å²) < 4.78 is 7.06. The van der Waals surface area contributed by atoms with Gasteiger partial charge >= 0.3 is 0 Å². The van der Waals surface area contributed by atoms with Crippen molar-refractivity contribution in [2.45, 2.75) is 20.3 Å². The Morgan fingerprint density at radius 2 is 2.12 bits per heavy atom. The Morgan fingerprint density at radius 1 is 1.41 bits per heavy atom. The largest absolute Gasteiger partial charge is 0.481 e. The van der Waals surface area contributed by atoms with E-state index in [4.69, 9.17) is 10.5 Å². The molecule has 17 heavy (non-hydrogen) atoms. The van der Waals surface area contributed by atoms with Gasteiger partial charge < -0.3 is 10.5 Å². The summed E-state index contributed by atoms with van der Waals surface area (Å²) in [7, 11) is 3.48. The van der Waals surface area contributed by atoms with Gasteiger partial charge in [0.2, 0.25) is 5.88 Å². The van der Waals surface area contributed by atoms with E-state index in [9.17, 15) is 0 Å². The fourth-order valence-corrected chi connectivity index (χ4v) is 2.01. The molecule has 0 saturated carbocycles. The van der Waals surface area contributed by atoms with Gasteiger partial charge in [0.05, 0.1) is 24.1 Å². The Hall–Kier alpha value is -1.85. The van der Waals surface area contributed by atoms with Crippen molar-refractivity contribution in [3.8, 4) is 5.88 Å². The van der Waals surface area contributed by atoms with Crippen molar-refractivity contribution < 1.29 is 4.74 Å². The number of methoxy groups -OCH3 is 1. The quantitative estimate of drug-likeness (QED) is 0.825. The van der Waals surface area contributed by atoms with Crippen molar-refractivity contribution in [2.75, 3.05) is 7.11 Å². The SMILES string of the molecule is COc1c(C2=NN=C(N)C(C)C2)c(C)nn1C. The molecule has 0 saturated heterocycles. The molecule has 0 aromatic carbocycles. The minimum Gasteiger partial charge on any atom is -0.481 e. The van der Waals surface area contributed by atoms with Gasteiger partial charge in [0.15, 0.2) is 0 Å². The van der Waals surface area contributed by atoms with Crippen LogP contribution in [0.3, 0.4) is 0 Å². The molecular weight excluding hydrogens is 218 g/mol. The van der Waals surface area contributed by atoms with Gasteiger partial charge in [-0.05, 0) is 6.92 Å². The first-order valence-electron chi connectivity index (χ1n) is 5.52. The zero-order chi connectivity index (χ0) is 12.6. The molecule has 0 bridgehead atoms. The Morgan fingerprint density at radius 3 is 2.71 bits per heavy atom. The third-order valence-electron chi connectivity index (χ3n) is 2.94. The van der Waals surface area contributed by atoms with E-state index in [0.29, 0.717) is 11.7 Å².